The van der Waals surface area contributed by atoms with Crippen molar-refractivity contribution < 1.29 is 13.9 Å². The molecular formula is C15H20ClFN2O2. The number of rotatable bonds is 2. The van der Waals surface area contributed by atoms with E-state index in [1.807, 2.05) is 0 Å². The molecule has 2 unspecified atom stereocenters. The summed E-state index contributed by atoms with van der Waals surface area (Å²) in [6, 6.07) is 6.53. The Balaban J connectivity index is 0.00000161. The number of carbonyl (C=O) groups is 1. The van der Waals surface area contributed by atoms with Gasteiger partial charge in [0.1, 0.15) is 11.9 Å². The van der Waals surface area contributed by atoms with Gasteiger partial charge < -0.3 is 15.0 Å². The monoisotopic (exact) mass is 314 g/mol. The number of carbonyl (C=O) groups excluding carboxylic acids is 1. The van der Waals surface area contributed by atoms with Crippen molar-refractivity contribution in [2.45, 2.75) is 25.0 Å². The molecule has 2 atom stereocenters. The van der Waals surface area contributed by atoms with E-state index in [2.05, 4.69) is 5.32 Å². The van der Waals surface area contributed by atoms with Crippen molar-refractivity contribution in [2.24, 2.45) is 0 Å². The maximum absolute atomic E-state index is 13.8. The fourth-order valence-electron chi connectivity index (χ4n) is 2.89. The van der Waals surface area contributed by atoms with Gasteiger partial charge in [0.2, 0.25) is 5.91 Å². The number of hydrogen-bond acceptors (Lipinski definition) is 3. The molecular weight excluding hydrogens is 295 g/mol. The molecule has 21 heavy (non-hydrogen) atoms. The molecule has 2 heterocycles. The highest BCUT2D eigenvalue weighted by molar-refractivity contribution is 5.85. The predicted molar refractivity (Wildman–Crippen MR) is 79.9 cm³/mol. The number of ether oxygens (including phenoxy) is 1. The van der Waals surface area contributed by atoms with Gasteiger partial charge in [-0.15, -0.1) is 12.4 Å². The van der Waals surface area contributed by atoms with Crippen LogP contribution in [0.2, 0.25) is 0 Å². The summed E-state index contributed by atoms with van der Waals surface area (Å²) < 4.78 is 19.4. The number of nitrogens with zero attached hydrogens (tertiary/aromatic N) is 1. The van der Waals surface area contributed by atoms with Gasteiger partial charge >= 0.3 is 0 Å². The molecule has 1 N–H and O–H groups in total. The first-order valence-electron chi connectivity index (χ1n) is 7.14. The molecule has 2 saturated heterocycles. The summed E-state index contributed by atoms with van der Waals surface area (Å²) in [5.74, 6) is -0.155. The van der Waals surface area contributed by atoms with Gasteiger partial charge in [-0.1, -0.05) is 18.2 Å². The first-order valence-corrected chi connectivity index (χ1v) is 7.14. The summed E-state index contributed by atoms with van der Waals surface area (Å²) in [5.41, 5.74) is 0.532. The zero-order chi connectivity index (χ0) is 13.9. The minimum atomic E-state index is -0.365. The molecule has 116 valence electrons. The lowest BCUT2D eigenvalue weighted by Gasteiger charge is -2.34. The van der Waals surface area contributed by atoms with Crippen LogP contribution in [0.15, 0.2) is 24.3 Å². The molecule has 2 fully saturated rings. The zero-order valence-corrected chi connectivity index (χ0v) is 12.6. The third-order valence-electron chi connectivity index (χ3n) is 3.99. The second-order valence-corrected chi connectivity index (χ2v) is 5.31. The maximum atomic E-state index is 13.8. The van der Waals surface area contributed by atoms with Crippen molar-refractivity contribution in [1.82, 2.24) is 10.2 Å². The molecule has 0 spiro atoms. The van der Waals surface area contributed by atoms with E-state index in [1.165, 1.54) is 6.07 Å². The summed E-state index contributed by atoms with van der Waals surface area (Å²) >= 11 is 0. The van der Waals surface area contributed by atoms with E-state index in [4.69, 9.17) is 4.74 Å². The van der Waals surface area contributed by atoms with Crippen molar-refractivity contribution in [1.29, 1.82) is 0 Å². The summed E-state index contributed by atoms with van der Waals surface area (Å²) in [4.78, 5) is 14.2. The highest BCUT2D eigenvalue weighted by Crippen LogP contribution is 2.25. The normalized spacial score (nSPS) is 25.5. The van der Waals surface area contributed by atoms with E-state index in [1.54, 1.807) is 23.1 Å². The lowest BCUT2D eigenvalue weighted by molar-refractivity contribution is -0.141. The number of nitrogens with one attached hydrogen (secondary N) is 1. The van der Waals surface area contributed by atoms with Crippen LogP contribution in [-0.2, 0) is 9.53 Å². The Kier molecular flexibility index (Phi) is 5.56. The maximum Gasteiger partial charge on any atom is 0.239 e. The van der Waals surface area contributed by atoms with E-state index < -0.39 is 0 Å². The molecule has 0 radical (unpaired) electrons. The highest BCUT2D eigenvalue weighted by atomic mass is 35.5. The van der Waals surface area contributed by atoms with Gasteiger partial charge in [0.25, 0.3) is 0 Å². The molecule has 0 saturated carbocycles. The van der Waals surface area contributed by atoms with Gasteiger partial charge in [0.15, 0.2) is 0 Å². The average molecular weight is 315 g/mol. The lowest BCUT2D eigenvalue weighted by Crippen LogP contribution is -2.49. The van der Waals surface area contributed by atoms with Crippen LogP contribution >= 0.6 is 12.4 Å². The Bertz CT molecular complexity index is 494. The van der Waals surface area contributed by atoms with E-state index in [0.29, 0.717) is 25.3 Å². The number of amides is 1. The van der Waals surface area contributed by atoms with Crippen molar-refractivity contribution in [3.8, 4) is 0 Å². The minimum Gasteiger partial charge on any atom is -0.370 e. The van der Waals surface area contributed by atoms with Crippen molar-refractivity contribution in [3.05, 3.63) is 35.6 Å². The van der Waals surface area contributed by atoms with E-state index in [-0.39, 0.29) is 36.3 Å². The largest absolute Gasteiger partial charge is 0.370 e. The number of morpholine rings is 1. The van der Waals surface area contributed by atoms with Gasteiger partial charge in [-0.05, 0) is 25.5 Å². The highest BCUT2D eigenvalue weighted by Gasteiger charge is 2.32. The van der Waals surface area contributed by atoms with E-state index in [9.17, 15) is 9.18 Å². The molecule has 2 aliphatic heterocycles. The Labute approximate surface area is 130 Å². The SMILES string of the molecule is Cl.O=C(C1CCCN1)N1CCOC(c2ccccc2F)C1. The number of hydrogen-bond donors (Lipinski definition) is 1. The number of benzene rings is 1. The topological polar surface area (TPSA) is 41.6 Å². The van der Waals surface area contributed by atoms with Gasteiger partial charge in [-0.25, -0.2) is 4.39 Å². The van der Waals surface area contributed by atoms with Crippen LogP contribution in [0.4, 0.5) is 4.39 Å². The summed E-state index contributed by atoms with van der Waals surface area (Å²) in [5, 5.41) is 3.21. The molecule has 3 rings (SSSR count). The number of halogens is 2. The van der Waals surface area contributed by atoms with Crippen molar-refractivity contribution >= 4 is 18.3 Å². The van der Waals surface area contributed by atoms with Crippen molar-refractivity contribution in [2.75, 3.05) is 26.2 Å². The molecule has 6 heteroatoms. The Morgan fingerprint density at radius 1 is 1.38 bits per heavy atom. The van der Waals surface area contributed by atoms with Crippen LogP contribution in [0.3, 0.4) is 0 Å². The lowest BCUT2D eigenvalue weighted by atomic mass is 10.1. The summed E-state index contributed by atoms with van der Waals surface area (Å²) in [6.07, 6.45) is 1.56. The van der Waals surface area contributed by atoms with Crippen LogP contribution < -0.4 is 5.32 Å². The molecule has 1 amide bonds. The van der Waals surface area contributed by atoms with Crippen LogP contribution in [-0.4, -0.2) is 43.1 Å². The Hall–Kier alpha value is -1.17. The summed E-state index contributed by atoms with van der Waals surface area (Å²) in [6.45, 7) is 2.37. The minimum absolute atomic E-state index is 0. The van der Waals surface area contributed by atoms with Crippen molar-refractivity contribution in [3.63, 3.8) is 0 Å². The van der Waals surface area contributed by atoms with Crippen LogP contribution in [0.1, 0.15) is 24.5 Å². The average Bonchev–Trinajstić information content (AvgIpc) is 3.01. The second-order valence-electron chi connectivity index (χ2n) is 5.31. The standard InChI is InChI=1S/C15H19FN2O2.ClH/c16-12-5-2-1-4-11(12)14-10-18(8-9-20-14)15(19)13-6-3-7-17-13;/h1-2,4-5,13-14,17H,3,6-10H2;1H. The van der Waals surface area contributed by atoms with E-state index >= 15 is 0 Å². The predicted octanol–water partition coefficient (Wildman–Crippen LogP) is 1.90. The molecule has 4 nitrogen and oxygen atoms in total. The third-order valence-corrected chi connectivity index (χ3v) is 3.99. The van der Waals surface area contributed by atoms with Gasteiger partial charge in [0, 0.05) is 12.1 Å². The molecule has 1 aromatic carbocycles. The van der Waals surface area contributed by atoms with Gasteiger partial charge in [0.05, 0.1) is 19.2 Å². The second kappa shape index (κ2) is 7.20. The third kappa shape index (κ3) is 3.54. The smallest absolute Gasteiger partial charge is 0.239 e. The Morgan fingerprint density at radius 3 is 2.90 bits per heavy atom. The quantitative estimate of drug-likeness (QED) is 0.906. The van der Waals surface area contributed by atoms with Gasteiger partial charge in [-0.3, -0.25) is 4.79 Å². The summed E-state index contributed by atoms with van der Waals surface area (Å²) in [7, 11) is 0. The fourth-order valence-corrected chi connectivity index (χ4v) is 2.89. The van der Waals surface area contributed by atoms with Gasteiger partial charge in [-0.2, -0.15) is 0 Å². The molecule has 0 bridgehead atoms. The molecule has 0 aliphatic carbocycles. The van der Waals surface area contributed by atoms with E-state index in [0.717, 1.165) is 19.4 Å². The fraction of sp³-hybridized carbons (Fsp3) is 0.533. The van der Waals surface area contributed by atoms with Crippen LogP contribution in [0.5, 0.6) is 0 Å². The molecule has 0 aromatic heterocycles. The first-order chi connectivity index (χ1) is 9.75. The zero-order valence-electron chi connectivity index (χ0n) is 11.8. The Morgan fingerprint density at radius 2 is 2.19 bits per heavy atom. The van der Waals surface area contributed by atoms with Crippen LogP contribution in [0.25, 0.3) is 0 Å². The first kappa shape index (κ1) is 16.2. The molecule has 2 aliphatic rings. The molecule has 1 aromatic rings. The van der Waals surface area contributed by atoms with Crippen LogP contribution in [0, 0.1) is 5.82 Å².